The first kappa shape index (κ1) is 21.5. The molecule has 0 saturated carbocycles. The van der Waals surface area contributed by atoms with E-state index in [9.17, 15) is 9.59 Å². The van der Waals surface area contributed by atoms with Crippen molar-refractivity contribution < 1.29 is 9.59 Å². The Morgan fingerprint density at radius 2 is 1.76 bits per heavy atom. The summed E-state index contributed by atoms with van der Waals surface area (Å²) in [6.07, 6.45) is 0.277. The molecule has 2 aromatic rings. The van der Waals surface area contributed by atoms with Crippen molar-refractivity contribution in [2.45, 2.75) is 32.9 Å². The number of piperazine rings is 1. The van der Waals surface area contributed by atoms with Gasteiger partial charge in [0.1, 0.15) is 0 Å². The van der Waals surface area contributed by atoms with Crippen molar-refractivity contribution in [1.29, 1.82) is 0 Å². The predicted molar refractivity (Wildman–Crippen MR) is 118 cm³/mol. The molecule has 1 saturated heterocycles. The van der Waals surface area contributed by atoms with E-state index in [1.807, 2.05) is 29.2 Å². The van der Waals surface area contributed by atoms with Gasteiger partial charge in [0, 0.05) is 44.1 Å². The normalized spacial score (nSPS) is 15.8. The van der Waals surface area contributed by atoms with Crippen LogP contribution < -0.4 is 5.32 Å². The highest BCUT2D eigenvalue weighted by Crippen LogP contribution is 2.21. The molecule has 0 aliphatic carbocycles. The zero-order chi connectivity index (χ0) is 20.8. The summed E-state index contributed by atoms with van der Waals surface area (Å²) in [5.74, 6) is -0.0458. The number of halogens is 1. The Hall–Kier alpha value is -2.18. The molecule has 29 heavy (non-hydrogen) atoms. The number of benzene rings is 2. The van der Waals surface area contributed by atoms with Gasteiger partial charge in [-0.2, -0.15) is 0 Å². The second-order valence-electron chi connectivity index (χ2n) is 7.65. The number of carbonyl (C=O) groups excluding carboxylic acids is 2. The fourth-order valence-electron chi connectivity index (χ4n) is 3.72. The smallest absolute Gasteiger partial charge is 0.225 e. The van der Waals surface area contributed by atoms with Crippen LogP contribution in [-0.4, -0.2) is 47.8 Å². The second-order valence-corrected chi connectivity index (χ2v) is 8.57. The Labute approximate surface area is 181 Å². The summed E-state index contributed by atoms with van der Waals surface area (Å²) < 4.78 is 0.971. The van der Waals surface area contributed by atoms with Gasteiger partial charge in [-0.3, -0.25) is 14.5 Å². The number of rotatable bonds is 6. The first-order valence-corrected chi connectivity index (χ1v) is 10.8. The highest BCUT2D eigenvalue weighted by atomic mass is 79.9. The van der Waals surface area contributed by atoms with Gasteiger partial charge >= 0.3 is 0 Å². The highest BCUT2D eigenvalue weighted by Gasteiger charge is 2.25. The van der Waals surface area contributed by atoms with Gasteiger partial charge in [0.25, 0.3) is 0 Å². The van der Waals surface area contributed by atoms with E-state index in [1.54, 1.807) is 0 Å². The molecule has 0 radical (unpaired) electrons. The lowest BCUT2D eigenvalue weighted by Crippen LogP contribution is -2.49. The van der Waals surface area contributed by atoms with Crippen molar-refractivity contribution in [3.63, 3.8) is 0 Å². The van der Waals surface area contributed by atoms with Crippen LogP contribution in [0.4, 0.5) is 0 Å². The standard InChI is InChI=1S/C23H28BrN3O2/c1-17-4-3-5-19(14-17)16-26-10-12-27(13-11-26)23(29)15-22(25-18(2)28)20-6-8-21(24)9-7-20/h3-9,14,22H,10-13,15-16H2,1-2H3,(H,25,28). The molecule has 5 nitrogen and oxygen atoms in total. The molecule has 1 fully saturated rings. The summed E-state index contributed by atoms with van der Waals surface area (Å²) in [7, 11) is 0. The first-order chi connectivity index (χ1) is 13.9. The van der Waals surface area contributed by atoms with Gasteiger partial charge in [0.2, 0.25) is 11.8 Å². The average Bonchev–Trinajstić information content (AvgIpc) is 2.68. The number of hydrogen-bond donors (Lipinski definition) is 1. The van der Waals surface area contributed by atoms with Gasteiger partial charge in [0.05, 0.1) is 12.5 Å². The molecule has 1 aliphatic heterocycles. The van der Waals surface area contributed by atoms with Crippen molar-refractivity contribution in [1.82, 2.24) is 15.1 Å². The van der Waals surface area contributed by atoms with Gasteiger partial charge in [-0.15, -0.1) is 0 Å². The molecule has 1 atom stereocenters. The van der Waals surface area contributed by atoms with Crippen molar-refractivity contribution in [3.8, 4) is 0 Å². The summed E-state index contributed by atoms with van der Waals surface area (Å²) >= 11 is 3.42. The minimum absolute atomic E-state index is 0.0851. The molecule has 0 aromatic heterocycles. The quantitative estimate of drug-likeness (QED) is 0.719. The first-order valence-electron chi connectivity index (χ1n) is 9.99. The van der Waals surface area contributed by atoms with E-state index in [2.05, 4.69) is 57.3 Å². The Balaban J connectivity index is 1.55. The van der Waals surface area contributed by atoms with Crippen LogP contribution in [0.25, 0.3) is 0 Å². The average molecular weight is 458 g/mol. The number of hydrogen-bond acceptors (Lipinski definition) is 3. The zero-order valence-corrected chi connectivity index (χ0v) is 18.6. The fraction of sp³-hybridized carbons (Fsp3) is 0.391. The number of nitrogens with one attached hydrogen (secondary N) is 1. The third-order valence-corrected chi connectivity index (χ3v) is 5.77. The molecule has 1 heterocycles. The molecular formula is C23H28BrN3O2. The Morgan fingerprint density at radius 1 is 1.07 bits per heavy atom. The van der Waals surface area contributed by atoms with Crippen LogP contribution in [0.1, 0.15) is 36.1 Å². The minimum Gasteiger partial charge on any atom is -0.349 e. The lowest BCUT2D eigenvalue weighted by Gasteiger charge is -2.35. The molecule has 2 aromatic carbocycles. The van der Waals surface area contributed by atoms with E-state index in [0.717, 1.165) is 42.8 Å². The van der Waals surface area contributed by atoms with E-state index in [4.69, 9.17) is 0 Å². The topological polar surface area (TPSA) is 52.7 Å². The highest BCUT2D eigenvalue weighted by molar-refractivity contribution is 9.10. The van der Waals surface area contributed by atoms with Crippen LogP contribution in [0, 0.1) is 6.92 Å². The van der Waals surface area contributed by atoms with Crippen LogP contribution in [0.5, 0.6) is 0 Å². The van der Waals surface area contributed by atoms with Gasteiger partial charge in [-0.25, -0.2) is 0 Å². The maximum Gasteiger partial charge on any atom is 0.225 e. The van der Waals surface area contributed by atoms with E-state index in [1.165, 1.54) is 18.1 Å². The summed E-state index contributed by atoms with van der Waals surface area (Å²) in [5, 5.41) is 2.92. The van der Waals surface area contributed by atoms with Crippen molar-refractivity contribution >= 4 is 27.7 Å². The van der Waals surface area contributed by atoms with Gasteiger partial charge < -0.3 is 10.2 Å². The van der Waals surface area contributed by atoms with Crippen molar-refractivity contribution in [2.24, 2.45) is 0 Å². The SMILES string of the molecule is CC(=O)NC(CC(=O)N1CCN(Cc2cccc(C)c2)CC1)c1ccc(Br)cc1. The summed E-state index contributed by atoms with van der Waals surface area (Å²) in [5.41, 5.74) is 3.52. The molecule has 1 aliphatic rings. The maximum atomic E-state index is 12.9. The molecule has 2 amide bonds. The summed E-state index contributed by atoms with van der Waals surface area (Å²) in [6, 6.07) is 16.0. The Kier molecular flexibility index (Phi) is 7.45. The third kappa shape index (κ3) is 6.41. The molecule has 1 N–H and O–H groups in total. The third-order valence-electron chi connectivity index (χ3n) is 5.24. The van der Waals surface area contributed by atoms with Crippen LogP contribution in [-0.2, 0) is 16.1 Å². The van der Waals surface area contributed by atoms with Crippen LogP contribution in [0.2, 0.25) is 0 Å². The fourth-order valence-corrected chi connectivity index (χ4v) is 3.98. The molecule has 0 spiro atoms. The molecule has 0 bridgehead atoms. The number of aryl methyl sites for hydroxylation is 1. The molecule has 6 heteroatoms. The molecular weight excluding hydrogens is 430 g/mol. The van der Waals surface area contributed by atoms with Crippen molar-refractivity contribution in [2.75, 3.05) is 26.2 Å². The Bertz CT molecular complexity index is 845. The zero-order valence-electron chi connectivity index (χ0n) is 17.0. The van der Waals surface area contributed by atoms with Gasteiger partial charge in [0.15, 0.2) is 0 Å². The van der Waals surface area contributed by atoms with Gasteiger partial charge in [-0.05, 0) is 30.2 Å². The largest absolute Gasteiger partial charge is 0.349 e. The number of carbonyl (C=O) groups is 2. The molecule has 1 unspecified atom stereocenters. The minimum atomic E-state index is -0.307. The van der Waals surface area contributed by atoms with E-state index < -0.39 is 0 Å². The van der Waals surface area contributed by atoms with E-state index in [0.29, 0.717) is 0 Å². The monoisotopic (exact) mass is 457 g/mol. The molecule has 3 rings (SSSR count). The second kappa shape index (κ2) is 10.0. The predicted octanol–water partition coefficient (Wildman–Crippen LogP) is 3.67. The lowest BCUT2D eigenvalue weighted by atomic mass is 10.0. The van der Waals surface area contributed by atoms with Crippen molar-refractivity contribution in [3.05, 3.63) is 69.7 Å². The lowest BCUT2D eigenvalue weighted by molar-refractivity contribution is -0.133. The summed E-state index contributed by atoms with van der Waals surface area (Å²) in [4.78, 5) is 28.8. The van der Waals surface area contributed by atoms with Gasteiger partial charge in [-0.1, -0.05) is 57.9 Å². The maximum absolute atomic E-state index is 12.9. The van der Waals surface area contributed by atoms with Crippen LogP contribution in [0.15, 0.2) is 53.0 Å². The number of amides is 2. The summed E-state index contributed by atoms with van der Waals surface area (Å²) in [6.45, 7) is 7.68. The van der Waals surface area contributed by atoms with Crippen LogP contribution >= 0.6 is 15.9 Å². The molecule has 154 valence electrons. The van der Waals surface area contributed by atoms with Crippen LogP contribution in [0.3, 0.4) is 0 Å². The van der Waals surface area contributed by atoms with E-state index >= 15 is 0 Å². The Morgan fingerprint density at radius 3 is 2.38 bits per heavy atom. The van der Waals surface area contributed by atoms with E-state index in [-0.39, 0.29) is 24.3 Å². The number of nitrogens with zero attached hydrogens (tertiary/aromatic N) is 2.